The lowest BCUT2D eigenvalue weighted by Crippen LogP contribution is -2.55. The van der Waals surface area contributed by atoms with Gasteiger partial charge in [0, 0.05) is 39.3 Å². The fourth-order valence-electron chi connectivity index (χ4n) is 4.50. The van der Waals surface area contributed by atoms with Crippen molar-refractivity contribution in [2.45, 2.75) is 50.7 Å². The van der Waals surface area contributed by atoms with E-state index in [0.29, 0.717) is 12.8 Å². The van der Waals surface area contributed by atoms with E-state index in [1.807, 2.05) is 0 Å². The average Bonchev–Trinajstić information content (AvgIpc) is 2.94. The highest BCUT2D eigenvalue weighted by Gasteiger charge is 2.48. The molecule has 0 aromatic heterocycles. The van der Waals surface area contributed by atoms with Crippen molar-refractivity contribution in [2.24, 2.45) is 0 Å². The number of allylic oxidation sites excluding steroid dienone is 1. The summed E-state index contributed by atoms with van der Waals surface area (Å²) in [4.78, 5) is 28.6. The van der Waals surface area contributed by atoms with Gasteiger partial charge in [0.05, 0.1) is 12.3 Å². The molecule has 2 bridgehead atoms. The predicted molar refractivity (Wildman–Crippen MR) is 112 cm³/mol. The van der Waals surface area contributed by atoms with Crippen molar-refractivity contribution in [3.05, 3.63) is 10.7 Å². The Labute approximate surface area is 183 Å². The summed E-state index contributed by atoms with van der Waals surface area (Å²) in [5.41, 5.74) is 0. The summed E-state index contributed by atoms with van der Waals surface area (Å²) < 4.78 is 57.2. The maximum Gasteiger partial charge on any atom is 0.279 e. The van der Waals surface area contributed by atoms with Gasteiger partial charge in [-0.2, -0.15) is 17.4 Å². The predicted octanol–water partition coefficient (Wildman–Crippen LogP) is -0.961. The average molecular weight is 479 g/mol. The number of piperidine rings is 1. The van der Waals surface area contributed by atoms with Gasteiger partial charge < -0.3 is 14.5 Å². The standard InChI is InChI=1S/C18H30N4O7S2/c1-12-17(30(25,26)8-7-29-12)18(24)22-13-5-6-14(22)10-15(9-13)21(4)16(23)11-19-31(27,28)20(2)3/h13-15,19H,5-11H2,1-4H3. The molecule has 2 unspecified atom stereocenters. The molecule has 31 heavy (non-hydrogen) atoms. The molecule has 176 valence electrons. The lowest BCUT2D eigenvalue weighted by Gasteiger charge is -2.42. The molecule has 0 saturated carbocycles. The zero-order valence-corrected chi connectivity index (χ0v) is 19.8. The fourth-order valence-corrected chi connectivity index (χ4v) is 6.44. The molecule has 0 aliphatic carbocycles. The Bertz CT molecular complexity index is 976. The normalized spacial score (nSPS) is 27.9. The number of rotatable bonds is 6. The van der Waals surface area contributed by atoms with Gasteiger partial charge in [0.2, 0.25) is 5.91 Å². The van der Waals surface area contributed by atoms with E-state index in [2.05, 4.69) is 4.72 Å². The van der Waals surface area contributed by atoms with E-state index < -0.39 is 26.0 Å². The van der Waals surface area contributed by atoms with Gasteiger partial charge >= 0.3 is 0 Å². The number of sulfone groups is 1. The van der Waals surface area contributed by atoms with Gasteiger partial charge in [-0.1, -0.05) is 0 Å². The molecule has 0 aromatic carbocycles. The first kappa shape index (κ1) is 24.0. The van der Waals surface area contributed by atoms with E-state index >= 15 is 0 Å². The molecule has 3 aliphatic heterocycles. The maximum absolute atomic E-state index is 13.2. The number of likely N-dealkylation sites (N-methyl/N-ethyl adjacent to an activating group) is 1. The number of ether oxygens (including phenoxy) is 1. The Hall–Kier alpha value is -1.70. The van der Waals surface area contributed by atoms with E-state index in [1.165, 1.54) is 25.9 Å². The van der Waals surface area contributed by atoms with Gasteiger partial charge in [-0.15, -0.1) is 0 Å². The molecule has 0 aromatic rings. The summed E-state index contributed by atoms with van der Waals surface area (Å²) in [6, 6.07) is -0.517. The minimum absolute atomic E-state index is 0.0460. The molecule has 11 nitrogen and oxygen atoms in total. The first-order chi connectivity index (χ1) is 14.3. The van der Waals surface area contributed by atoms with Crippen LogP contribution < -0.4 is 4.72 Å². The third kappa shape index (κ3) is 4.73. The highest BCUT2D eigenvalue weighted by Crippen LogP contribution is 2.39. The van der Waals surface area contributed by atoms with Gasteiger partial charge in [-0.3, -0.25) is 9.59 Å². The molecule has 3 rings (SSSR count). The van der Waals surface area contributed by atoms with Crippen LogP contribution in [0.3, 0.4) is 0 Å². The number of nitrogens with zero attached hydrogens (tertiary/aromatic N) is 3. The maximum atomic E-state index is 13.2. The van der Waals surface area contributed by atoms with E-state index in [1.54, 1.807) is 11.9 Å². The highest BCUT2D eigenvalue weighted by molar-refractivity contribution is 7.96. The third-order valence-electron chi connectivity index (χ3n) is 6.27. The van der Waals surface area contributed by atoms with Crippen LogP contribution in [0.2, 0.25) is 0 Å². The summed E-state index contributed by atoms with van der Waals surface area (Å²) in [5, 5.41) is 0. The summed E-state index contributed by atoms with van der Waals surface area (Å²) in [5.74, 6) is -0.956. The van der Waals surface area contributed by atoms with Crippen LogP contribution >= 0.6 is 0 Å². The smallest absolute Gasteiger partial charge is 0.279 e. The number of amides is 2. The topological polar surface area (TPSA) is 133 Å². The van der Waals surface area contributed by atoms with Crippen LogP contribution in [0.25, 0.3) is 0 Å². The summed E-state index contributed by atoms with van der Waals surface area (Å²) in [6.45, 7) is 1.19. The van der Waals surface area contributed by atoms with Gasteiger partial charge in [0.15, 0.2) is 14.7 Å². The largest absolute Gasteiger partial charge is 0.496 e. The SMILES string of the molecule is CC1=C(C(=O)N2C3CCC2CC(N(C)C(=O)CNS(=O)(=O)N(C)C)C3)S(=O)(=O)CCO1. The van der Waals surface area contributed by atoms with Crippen LogP contribution in [0.1, 0.15) is 32.6 Å². The van der Waals surface area contributed by atoms with Crippen molar-refractivity contribution < 1.29 is 31.2 Å². The second-order valence-corrected chi connectivity index (χ2v) is 12.4. The Morgan fingerprint density at radius 2 is 1.74 bits per heavy atom. The Balaban J connectivity index is 1.69. The molecule has 3 heterocycles. The van der Waals surface area contributed by atoms with Crippen LogP contribution in [0.4, 0.5) is 0 Å². The molecule has 1 N–H and O–H groups in total. The third-order valence-corrected chi connectivity index (χ3v) is 9.52. The Morgan fingerprint density at radius 1 is 1.16 bits per heavy atom. The van der Waals surface area contributed by atoms with Gasteiger partial charge in [-0.05, 0) is 32.6 Å². The molecule has 2 saturated heterocycles. The molecule has 0 spiro atoms. The first-order valence-corrected chi connectivity index (χ1v) is 13.3. The van der Waals surface area contributed by atoms with Crippen molar-refractivity contribution in [3.8, 4) is 0 Å². The van der Waals surface area contributed by atoms with Crippen LogP contribution in [0.5, 0.6) is 0 Å². The number of nitrogens with one attached hydrogen (secondary N) is 1. The van der Waals surface area contributed by atoms with Crippen molar-refractivity contribution in [1.29, 1.82) is 0 Å². The van der Waals surface area contributed by atoms with Crippen molar-refractivity contribution in [1.82, 2.24) is 18.8 Å². The second kappa shape index (κ2) is 8.68. The van der Waals surface area contributed by atoms with Gasteiger partial charge in [0.1, 0.15) is 12.4 Å². The molecule has 2 fully saturated rings. The number of carbonyl (C=O) groups is 2. The lowest BCUT2D eigenvalue weighted by molar-refractivity contribution is -0.135. The number of fused-ring (bicyclic) bond motifs is 2. The lowest BCUT2D eigenvalue weighted by atomic mass is 9.95. The first-order valence-electron chi connectivity index (χ1n) is 10.2. The van der Waals surface area contributed by atoms with Crippen LogP contribution in [-0.4, -0.2) is 101 Å². The minimum atomic E-state index is -3.71. The molecule has 2 atom stereocenters. The van der Waals surface area contributed by atoms with Gasteiger partial charge in [0.25, 0.3) is 16.1 Å². The minimum Gasteiger partial charge on any atom is -0.496 e. The number of hydrogen-bond donors (Lipinski definition) is 1. The summed E-state index contributed by atoms with van der Waals surface area (Å²) in [7, 11) is -3.02. The highest BCUT2D eigenvalue weighted by atomic mass is 32.2. The van der Waals surface area contributed by atoms with E-state index in [4.69, 9.17) is 4.74 Å². The molecule has 0 radical (unpaired) electrons. The van der Waals surface area contributed by atoms with Crippen molar-refractivity contribution >= 4 is 31.9 Å². The monoisotopic (exact) mass is 478 g/mol. The molecular formula is C18H30N4O7S2. The second-order valence-electron chi connectivity index (χ2n) is 8.39. The summed E-state index contributed by atoms with van der Waals surface area (Å²) in [6.07, 6.45) is 2.49. The van der Waals surface area contributed by atoms with Crippen LogP contribution in [-0.2, 0) is 34.4 Å². The molecular weight excluding hydrogens is 448 g/mol. The van der Waals surface area contributed by atoms with Crippen molar-refractivity contribution in [2.75, 3.05) is 40.0 Å². The number of carbonyl (C=O) groups excluding carboxylic acids is 2. The van der Waals surface area contributed by atoms with E-state index in [0.717, 1.165) is 17.1 Å². The fraction of sp³-hybridized carbons (Fsp3) is 0.778. The van der Waals surface area contributed by atoms with Crippen molar-refractivity contribution in [3.63, 3.8) is 0 Å². The van der Waals surface area contributed by atoms with Gasteiger partial charge in [-0.25, -0.2) is 8.42 Å². The summed E-state index contributed by atoms with van der Waals surface area (Å²) >= 11 is 0. The van der Waals surface area contributed by atoms with Crippen LogP contribution in [0, 0.1) is 0 Å². The zero-order valence-electron chi connectivity index (χ0n) is 18.2. The van der Waals surface area contributed by atoms with E-state index in [-0.39, 0.29) is 53.6 Å². The molecule has 2 amide bonds. The molecule has 3 aliphatic rings. The van der Waals surface area contributed by atoms with Crippen LogP contribution in [0.15, 0.2) is 10.7 Å². The number of hydrogen-bond acceptors (Lipinski definition) is 7. The molecule has 13 heteroatoms. The van der Waals surface area contributed by atoms with E-state index in [9.17, 15) is 26.4 Å². The Kier molecular flexibility index (Phi) is 6.71. The zero-order chi connectivity index (χ0) is 23.1. The Morgan fingerprint density at radius 3 is 2.26 bits per heavy atom. The quantitative estimate of drug-likeness (QED) is 0.520.